The Balaban J connectivity index is 1.63. The molecule has 2 aromatic heterocycles. The molecule has 5 nitrogen and oxygen atoms in total. The van der Waals surface area contributed by atoms with Crippen molar-refractivity contribution in [2.24, 2.45) is 0 Å². The first-order valence-corrected chi connectivity index (χ1v) is 7.51. The minimum Gasteiger partial charge on any atom is -0.423 e. The van der Waals surface area contributed by atoms with Gasteiger partial charge in [-0.3, -0.25) is 4.79 Å². The average Bonchev–Trinajstić information content (AvgIpc) is 3.17. The molecule has 22 heavy (non-hydrogen) atoms. The van der Waals surface area contributed by atoms with Crippen LogP contribution in [0.4, 0.5) is 5.69 Å². The molecule has 7 heteroatoms. The summed E-state index contributed by atoms with van der Waals surface area (Å²) in [5, 5.41) is 10.2. The zero-order chi connectivity index (χ0) is 15.4. The van der Waals surface area contributed by atoms with Crippen LogP contribution in [-0.2, 0) is 4.79 Å². The van der Waals surface area contributed by atoms with E-state index in [2.05, 4.69) is 15.5 Å². The van der Waals surface area contributed by atoms with E-state index >= 15 is 0 Å². The fourth-order valence-corrected chi connectivity index (χ4v) is 2.72. The highest BCUT2D eigenvalue weighted by Crippen LogP contribution is 2.22. The predicted molar refractivity (Wildman–Crippen MR) is 86.7 cm³/mol. The van der Waals surface area contributed by atoms with Crippen molar-refractivity contribution in [1.29, 1.82) is 0 Å². The maximum absolute atomic E-state index is 11.8. The normalized spacial score (nSPS) is 11.0. The van der Waals surface area contributed by atoms with Crippen molar-refractivity contribution in [3.63, 3.8) is 0 Å². The van der Waals surface area contributed by atoms with E-state index in [0.717, 1.165) is 10.4 Å². The van der Waals surface area contributed by atoms with Crippen molar-refractivity contribution in [3.8, 4) is 11.5 Å². The van der Waals surface area contributed by atoms with Crippen LogP contribution in [0.1, 0.15) is 4.88 Å². The van der Waals surface area contributed by atoms with E-state index < -0.39 is 0 Å². The fraction of sp³-hybridized carbons (Fsp3) is 0. The van der Waals surface area contributed by atoms with Gasteiger partial charge in [0.15, 0.2) is 0 Å². The predicted octanol–water partition coefficient (Wildman–Crippen LogP) is 4.10. The lowest BCUT2D eigenvalue weighted by Crippen LogP contribution is -2.07. The molecule has 0 aliphatic carbocycles. The Labute approximate surface area is 135 Å². The van der Waals surface area contributed by atoms with E-state index in [9.17, 15) is 4.79 Å². The quantitative estimate of drug-likeness (QED) is 0.731. The number of thiophene rings is 1. The minimum atomic E-state index is -0.213. The molecule has 0 unspecified atom stereocenters. The number of aromatic nitrogens is 2. The van der Waals surface area contributed by atoms with Gasteiger partial charge in [0, 0.05) is 22.2 Å². The molecule has 0 saturated heterocycles. The number of carbonyl (C=O) groups is 1. The lowest BCUT2D eigenvalue weighted by Gasteiger charge is -2.02. The third-order valence-corrected chi connectivity index (χ3v) is 3.95. The number of rotatable bonds is 4. The first-order valence-electron chi connectivity index (χ1n) is 6.32. The van der Waals surface area contributed by atoms with E-state index in [1.165, 1.54) is 23.8 Å². The van der Waals surface area contributed by atoms with E-state index in [-0.39, 0.29) is 5.91 Å². The van der Waals surface area contributed by atoms with Gasteiger partial charge in [0.05, 0.1) is 4.34 Å². The van der Waals surface area contributed by atoms with Crippen molar-refractivity contribution in [2.75, 3.05) is 5.32 Å². The van der Waals surface area contributed by atoms with E-state index in [4.69, 9.17) is 16.0 Å². The van der Waals surface area contributed by atoms with Gasteiger partial charge in [-0.15, -0.1) is 21.5 Å². The Bertz CT molecular complexity index is 795. The lowest BCUT2D eigenvalue weighted by molar-refractivity contribution is -0.111. The summed E-state index contributed by atoms with van der Waals surface area (Å²) in [4.78, 5) is 12.8. The highest BCUT2D eigenvalue weighted by Gasteiger charge is 2.04. The van der Waals surface area contributed by atoms with Crippen LogP contribution in [0, 0.1) is 0 Å². The van der Waals surface area contributed by atoms with Gasteiger partial charge in [-0.2, -0.15) is 0 Å². The largest absolute Gasteiger partial charge is 0.423 e. The zero-order valence-corrected chi connectivity index (χ0v) is 12.8. The molecule has 0 radical (unpaired) electrons. The van der Waals surface area contributed by atoms with Crippen molar-refractivity contribution in [2.45, 2.75) is 0 Å². The number of amides is 1. The molecule has 1 N–H and O–H groups in total. The zero-order valence-electron chi connectivity index (χ0n) is 11.2. The number of carbonyl (C=O) groups excluding carboxylic acids is 1. The molecule has 0 bridgehead atoms. The van der Waals surface area contributed by atoms with Crippen LogP contribution in [0.3, 0.4) is 0 Å². The SMILES string of the molecule is O=C(C=Cc1ccc(Cl)s1)Nc1ccc(-c2nnco2)cc1. The topological polar surface area (TPSA) is 68.0 Å². The smallest absolute Gasteiger partial charge is 0.248 e. The highest BCUT2D eigenvalue weighted by molar-refractivity contribution is 7.17. The number of anilines is 1. The van der Waals surface area contributed by atoms with Gasteiger partial charge in [0.1, 0.15) is 0 Å². The second-order valence-electron chi connectivity index (χ2n) is 4.29. The molecule has 0 spiro atoms. The summed E-state index contributed by atoms with van der Waals surface area (Å²) in [5.74, 6) is 0.224. The lowest BCUT2D eigenvalue weighted by atomic mass is 10.2. The number of halogens is 1. The van der Waals surface area contributed by atoms with E-state index in [1.54, 1.807) is 36.4 Å². The summed E-state index contributed by atoms with van der Waals surface area (Å²) < 4.78 is 5.79. The Morgan fingerprint density at radius 1 is 1.23 bits per heavy atom. The third-order valence-electron chi connectivity index (χ3n) is 2.75. The Kier molecular flexibility index (Phi) is 4.32. The van der Waals surface area contributed by atoms with Gasteiger partial charge in [0.2, 0.25) is 18.2 Å². The summed E-state index contributed by atoms with van der Waals surface area (Å²) in [6.07, 6.45) is 4.46. The van der Waals surface area contributed by atoms with E-state index in [1.807, 2.05) is 6.07 Å². The molecule has 1 aromatic carbocycles. The van der Waals surface area contributed by atoms with Gasteiger partial charge in [-0.25, -0.2) is 0 Å². The molecule has 0 aliphatic heterocycles. The van der Waals surface area contributed by atoms with Crippen LogP contribution in [-0.4, -0.2) is 16.1 Å². The Morgan fingerprint density at radius 3 is 2.68 bits per heavy atom. The minimum absolute atomic E-state index is 0.213. The number of hydrogen-bond donors (Lipinski definition) is 1. The maximum Gasteiger partial charge on any atom is 0.248 e. The summed E-state index contributed by atoms with van der Waals surface area (Å²) in [7, 11) is 0. The van der Waals surface area contributed by atoms with Gasteiger partial charge in [-0.05, 0) is 42.5 Å². The molecule has 2 heterocycles. The molecule has 0 fully saturated rings. The molecule has 0 atom stereocenters. The molecular weight excluding hydrogens is 322 g/mol. The number of hydrogen-bond acceptors (Lipinski definition) is 5. The monoisotopic (exact) mass is 331 g/mol. The summed E-state index contributed by atoms with van der Waals surface area (Å²) in [6, 6.07) is 10.8. The van der Waals surface area contributed by atoms with Crippen LogP contribution in [0.2, 0.25) is 4.34 Å². The molecule has 0 saturated carbocycles. The number of benzene rings is 1. The second-order valence-corrected chi connectivity index (χ2v) is 6.03. The number of nitrogens with one attached hydrogen (secondary N) is 1. The van der Waals surface area contributed by atoms with Gasteiger partial charge in [-0.1, -0.05) is 11.6 Å². The van der Waals surface area contributed by atoms with Crippen LogP contribution in [0.5, 0.6) is 0 Å². The van der Waals surface area contributed by atoms with Gasteiger partial charge < -0.3 is 9.73 Å². The third kappa shape index (κ3) is 3.60. The molecule has 3 rings (SSSR count). The second kappa shape index (κ2) is 6.55. The van der Waals surface area contributed by atoms with Gasteiger partial charge >= 0.3 is 0 Å². The number of nitrogens with zero attached hydrogens (tertiary/aromatic N) is 2. The highest BCUT2D eigenvalue weighted by atomic mass is 35.5. The first-order chi connectivity index (χ1) is 10.7. The van der Waals surface area contributed by atoms with E-state index in [0.29, 0.717) is 15.9 Å². The molecular formula is C15H10ClN3O2S. The summed E-state index contributed by atoms with van der Waals surface area (Å²) in [5.41, 5.74) is 1.47. The average molecular weight is 332 g/mol. The summed E-state index contributed by atoms with van der Waals surface area (Å²) >= 11 is 7.24. The molecule has 110 valence electrons. The van der Waals surface area contributed by atoms with Crippen molar-refractivity contribution >= 4 is 40.6 Å². The molecule has 0 aliphatic rings. The standard InChI is InChI=1S/C15H10ClN3O2S/c16-13-7-5-12(22-13)6-8-14(20)18-11-3-1-10(2-4-11)15-19-17-9-21-15/h1-9H,(H,18,20). The van der Waals surface area contributed by atoms with Gasteiger partial charge in [0.25, 0.3) is 0 Å². The van der Waals surface area contributed by atoms with Crippen molar-refractivity contribution in [3.05, 3.63) is 58.1 Å². The summed E-state index contributed by atoms with van der Waals surface area (Å²) in [6.45, 7) is 0. The van der Waals surface area contributed by atoms with Crippen LogP contribution in [0.25, 0.3) is 17.5 Å². The fourth-order valence-electron chi connectivity index (χ4n) is 1.75. The van der Waals surface area contributed by atoms with Crippen LogP contribution < -0.4 is 5.32 Å². The van der Waals surface area contributed by atoms with Crippen molar-refractivity contribution < 1.29 is 9.21 Å². The van der Waals surface area contributed by atoms with Crippen LogP contribution in [0.15, 0.2) is 53.3 Å². The Morgan fingerprint density at radius 2 is 2.05 bits per heavy atom. The first kappa shape index (κ1) is 14.5. The Hall–Kier alpha value is -2.44. The maximum atomic E-state index is 11.8. The molecule has 1 amide bonds. The molecule has 3 aromatic rings. The van der Waals surface area contributed by atoms with Crippen molar-refractivity contribution in [1.82, 2.24) is 10.2 Å². The van der Waals surface area contributed by atoms with Crippen LogP contribution >= 0.6 is 22.9 Å².